The molecule has 1 amide bonds. The quantitative estimate of drug-likeness (QED) is 0.259. The first-order chi connectivity index (χ1) is 16.4. The molecule has 34 heavy (non-hydrogen) atoms. The monoisotopic (exact) mass is 602 g/mol. The molecule has 2 fully saturated rings. The molecule has 1 atom stereocenters. The minimum Gasteiger partial charge on any atom is -0.339 e. The fraction of sp³-hybridized carbons (Fsp3) is 0.429. The van der Waals surface area contributed by atoms with Gasteiger partial charge in [-0.2, -0.15) is 0 Å². The Bertz CT molecular complexity index is 1160. The Morgan fingerprint density at radius 1 is 1.03 bits per heavy atom. The van der Waals surface area contributed by atoms with Crippen LogP contribution < -0.4 is 0 Å². The number of piperidine rings is 1. The Morgan fingerprint density at radius 3 is 2.47 bits per heavy atom. The molecule has 1 saturated heterocycles. The maximum Gasteiger partial charge on any atom is 0.246 e. The summed E-state index contributed by atoms with van der Waals surface area (Å²) in [5.41, 5.74) is 7.71. The molecule has 0 bridgehead atoms. The number of hydrogen-bond donors (Lipinski definition) is 0. The SMILES string of the molecule is C=C1CCC(=CC(=O)N2CCC([C@H]3c4ncc(Br)cc4CCc4cc(Cl)cc(Br)c43)CC2)CC1. The lowest BCUT2D eigenvalue weighted by Crippen LogP contribution is -2.39. The van der Waals surface area contributed by atoms with Gasteiger partial charge in [-0.1, -0.05) is 45.3 Å². The number of nitrogens with zero attached hydrogens (tertiary/aromatic N) is 2. The molecule has 1 saturated carbocycles. The molecule has 1 aromatic carbocycles. The van der Waals surface area contributed by atoms with E-state index in [1.54, 1.807) is 0 Å². The van der Waals surface area contributed by atoms with Crippen molar-refractivity contribution < 1.29 is 4.79 Å². The molecule has 2 aromatic rings. The minimum absolute atomic E-state index is 0.178. The lowest BCUT2D eigenvalue weighted by atomic mass is 9.76. The van der Waals surface area contributed by atoms with E-state index in [1.807, 2.05) is 23.2 Å². The van der Waals surface area contributed by atoms with E-state index in [4.69, 9.17) is 16.6 Å². The number of carbonyl (C=O) groups excluding carboxylic acids is 1. The predicted octanol–water partition coefficient (Wildman–Crippen LogP) is 7.79. The third-order valence-corrected chi connectivity index (χ3v) is 8.97. The van der Waals surface area contributed by atoms with Crippen molar-refractivity contribution in [3.05, 3.63) is 84.5 Å². The van der Waals surface area contributed by atoms with Crippen LogP contribution in [0.5, 0.6) is 0 Å². The second kappa shape index (κ2) is 10.3. The number of pyridine rings is 1. The van der Waals surface area contributed by atoms with Crippen LogP contribution in [-0.4, -0.2) is 28.9 Å². The van der Waals surface area contributed by atoms with Gasteiger partial charge in [-0.3, -0.25) is 9.78 Å². The molecule has 0 spiro atoms. The number of likely N-dealkylation sites (tertiary alicyclic amines) is 1. The number of rotatable bonds is 2. The summed E-state index contributed by atoms with van der Waals surface area (Å²) < 4.78 is 2.09. The van der Waals surface area contributed by atoms with Crippen molar-refractivity contribution in [3.63, 3.8) is 0 Å². The minimum atomic E-state index is 0.178. The highest BCUT2D eigenvalue weighted by atomic mass is 79.9. The number of aryl methyl sites for hydroxylation is 2. The van der Waals surface area contributed by atoms with Crippen LogP contribution in [-0.2, 0) is 17.6 Å². The summed E-state index contributed by atoms with van der Waals surface area (Å²) in [6.45, 7) is 5.67. The Hall–Kier alpha value is -1.43. The van der Waals surface area contributed by atoms with Gasteiger partial charge >= 0.3 is 0 Å². The Morgan fingerprint density at radius 2 is 1.74 bits per heavy atom. The van der Waals surface area contributed by atoms with Crippen molar-refractivity contribution in [2.24, 2.45) is 5.92 Å². The lowest BCUT2D eigenvalue weighted by Gasteiger charge is -2.37. The van der Waals surface area contributed by atoms with Crippen LogP contribution >= 0.6 is 43.5 Å². The van der Waals surface area contributed by atoms with E-state index < -0.39 is 0 Å². The van der Waals surface area contributed by atoms with Crippen molar-refractivity contribution in [3.8, 4) is 0 Å². The second-order valence-corrected chi connectivity index (χ2v) is 12.1. The van der Waals surface area contributed by atoms with Crippen LogP contribution in [0.4, 0.5) is 0 Å². The molecule has 6 heteroatoms. The number of allylic oxidation sites excluding steroid dienone is 2. The molecule has 178 valence electrons. The summed E-state index contributed by atoms with van der Waals surface area (Å²) in [6, 6.07) is 6.36. The first kappa shape index (κ1) is 24.3. The maximum atomic E-state index is 13.0. The first-order valence-corrected chi connectivity index (χ1v) is 14.1. The average molecular weight is 605 g/mol. The van der Waals surface area contributed by atoms with Gasteiger partial charge in [0.25, 0.3) is 0 Å². The number of benzene rings is 1. The topological polar surface area (TPSA) is 33.2 Å². The second-order valence-electron chi connectivity index (χ2n) is 9.85. The summed E-state index contributed by atoms with van der Waals surface area (Å²) in [7, 11) is 0. The summed E-state index contributed by atoms with van der Waals surface area (Å²) in [4.78, 5) is 20.0. The maximum absolute atomic E-state index is 13.0. The molecule has 2 aliphatic carbocycles. The summed E-state index contributed by atoms with van der Waals surface area (Å²) in [5.74, 6) is 0.807. The zero-order valence-electron chi connectivity index (χ0n) is 19.3. The molecule has 0 unspecified atom stereocenters. The van der Waals surface area contributed by atoms with Crippen molar-refractivity contribution in [2.45, 2.75) is 57.3 Å². The van der Waals surface area contributed by atoms with Crippen LogP contribution in [0.3, 0.4) is 0 Å². The molecule has 3 aliphatic rings. The largest absolute Gasteiger partial charge is 0.339 e. The van der Waals surface area contributed by atoms with Gasteiger partial charge in [0.2, 0.25) is 5.91 Å². The fourth-order valence-electron chi connectivity index (χ4n) is 5.82. The molecular weight excluding hydrogens is 576 g/mol. The first-order valence-electron chi connectivity index (χ1n) is 12.2. The summed E-state index contributed by atoms with van der Waals surface area (Å²) in [6.07, 6.45) is 11.7. The summed E-state index contributed by atoms with van der Waals surface area (Å²) in [5, 5.41) is 0.768. The van der Waals surface area contributed by atoms with E-state index in [-0.39, 0.29) is 11.8 Å². The Kier molecular flexibility index (Phi) is 7.34. The van der Waals surface area contributed by atoms with Gasteiger partial charge < -0.3 is 4.90 Å². The van der Waals surface area contributed by atoms with Gasteiger partial charge in [-0.15, -0.1) is 0 Å². The van der Waals surface area contributed by atoms with Crippen molar-refractivity contribution in [2.75, 3.05) is 13.1 Å². The molecule has 3 nitrogen and oxygen atoms in total. The van der Waals surface area contributed by atoms with E-state index in [9.17, 15) is 4.79 Å². The third kappa shape index (κ3) is 5.08. The molecule has 5 rings (SSSR count). The normalized spacial score (nSPS) is 21.0. The summed E-state index contributed by atoms with van der Waals surface area (Å²) >= 11 is 13.9. The van der Waals surface area contributed by atoms with Crippen molar-refractivity contribution in [1.29, 1.82) is 0 Å². The number of carbonyl (C=O) groups is 1. The number of halogens is 3. The molecule has 1 aromatic heterocycles. The van der Waals surface area contributed by atoms with Crippen molar-refractivity contribution >= 4 is 49.4 Å². The van der Waals surface area contributed by atoms with Crippen LogP contribution in [0.15, 0.2) is 57.1 Å². The average Bonchev–Trinajstić information content (AvgIpc) is 2.97. The molecule has 0 radical (unpaired) electrons. The van der Waals surface area contributed by atoms with Crippen LogP contribution in [0.2, 0.25) is 5.02 Å². The molecule has 2 heterocycles. The molecule has 1 aliphatic heterocycles. The number of aromatic nitrogens is 1. The number of amides is 1. The highest BCUT2D eigenvalue weighted by molar-refractivity contribution is 9.10. The van der Waals surface area contributed by atoms with Crippen molar-refractivity contribution in [1.82, 2.24) is 9.88 Å². The van der Waals surface area contributed by atoms with Gasteiger partial charge in [-0.25, -0.2) is 0 Å². The van der Waals surface area contributed by atoms with E-state index >= 15 is 0 Å². The Balaban J connectivity index is 1.39. The molecule has 0 N–H and O–H groups in total. The smallest absolute Gasteiger partial charge is 0.246 e. The third-order valence-electron chi connectivity index (χ3n) is 7.67. The zero-order chi connectivity index (χ0) is 23.8. The van der Waals surface area contributed by atoms with Gasteiger partial charge in [0.15, 0.2) is 0 Å². The fourth-order valence-corrected chi connectivity index (χ4v) is 7.32. The van der Waals surface area contributed by atoms with Gasteiger partial charge in [-0.05, 0) is 108 Å². The number of fused-ring (bicyclic) bond motifs is 2. The Labute approximate surface area is 223 Å². The standard InChI is InChI=1S/C28H29Br2ClN2O/c1-17-2-4-18(5-3-17)12-25(34)33-10-8-19(9-11-33)27-26-20(14-23(31)15-24(26)30)6-7-21-13-22(29)16-32-28(21)27/h12-16,19,27H,1-11H2/t27-/m1/s1. The molecular formula is C28H29Br2ClN2O. The predicted molar refractivity (Wildman–Crippen MR) is 145 cm³/mol. The highest BCUT2D eigenvalue weighted by Crippen LogP contribution is 2.46. The van der Waals surface area contributed by atoms with E-state index in [1.165, 1.54) is 33.5 Å². The lowest BCUT2D eigenvalue weighted by molar-refractivity contribution is -0.127. The van der Waals surface area contributed by atoms with E-state index in [0.717, 1.165) is 78.4 Å². The van der Waals surface area contributed by atoms with Gasteiger partial charge in [0.1, 0.15) is 0 Å². The number of hydrogen-bond acceptors (Lipinski definition) is 2. The van der Waals surface area contributed by atoms with Gasteiger partial charge in [0, 0.05) is 45.2 Å². The highest BCUT2D eigenvalue weighted by Gasteiger charge is 2.36. The van der Waals surface area contributed by atoms with E-state index in [2.05, 4.69) is 50.6 Å². The van der Waals surface area contributed by atoms with E-state index in [0.29, 0.717) is 5.92 Å². The zero-order valence-corrected chi connectivity index (χ0v) is 23.2. The van der Waals surface area contributed by atoms with Crippen LogP contribution in [0.25, 0.3) is 0 Å². The van der Waals surface area contributed by atoms with Crippen LogP contribution in [0, 0.1) is 5.92 Å². The van der Waals surface area contributed by atoms with Crippen LogP contribution in [0.1, 0.15) is 66.8 Å². The van der Waals surface area contributed by atoms with Gasteiger partial charge in [0.05, 0.1) is 5.69 Å².